The molecule has 82 valence electrons. The van der Waals surface area contributed by atoms with Crippen LogP contribution in [0.5, 0.6) is 0 Å². The summed E-state index contributed by atoms with van der Waals surface area (Å²) in [6.07, 6.45) is 1.64. The Morgan fingerprint density at radius 2 is 2.27 bits per heavy atom. The van der Waals surface area contributed by atoms with Gasteiger partial charge in [-0.2, -0.15) is 0 Å². The van der Waals surface area contributed by atoms with E-state index in [4.69, 9.17) is 0 Å². The van der Waals surface area contributed by atoms with Crippen molar-refractivity contribution in [3.8, 4) is 0 Å². The molecule has 0 saturated heterocycles. The first-order chi connectivity index (χ1) is 7.08. The number of rotatable bonds is 3. The predicted molar refractivity (Wildman–Crippen MR) is 63.8 cm³/mol. The lowest BCUT2D eigenvalue weighted by atomic mass is 10.2. The van der Waals surface area contributed by atoms with Crippen molar-refractivity contribution in [1.29, 1.82) is 0 Å². The molecule has 0 bridgehead atoms. The Morgan fingerprint density at radius 1 is 1.53 bits per heavy atom. The highest BCUT2D eigenvalue weighted by molar-refractivity contribution is 9.10. The molecular weight excluding hydrogens is 258 g/mol. The molecule has 15 heavy (non-hydrogen) atoms. The van der Waals surface area contributed by atoms with Gasteiger partial charge in [0.25, 0.3) is 0 Å². The van der Waals surface area contributed by atoms with Crippen molar-refractivity contribution in [3.63, 3.8) is 0 Å². The lowest BCUT2D eigenvalue weighted by Gasteiger charge is -2.08. The number of carbonyl (C=O) groups is 1. The number of anilines is 1. The summed E-state index contributed by atoms with van der Waals surface area (Å²) in [5, 5.41) is 5.39. The zero-order chi connectivity index (χ0) is 11.3. The summed E-state index contributed by atoms with van der Waals surface area (Å²) < 4.78 is 0.885. The Kier molecular flexibility index (Phi) is 4.55. The summed E-state index contributed by atoms with van der Waals surface area (Å²) >= 11 is 3.27. The second-order valence-electron chi connectivity index (χ2n) is 3.59. The number of pyridine rings is 1. The monoisotopic (exact) mass is 271 g/mol. The summed E-state index contributed by atoms with van der Waals surface area (Å²) in [5.41, 5.74) is 0. The number of nitrogens with zero attached hydrogens (tertiary/aromatic N) is 1. The molecule has 2 amide bonds. The minimum atomic E-state index is -0.224. The Balaban J connectivity index is 2.41. The van der Waals surface area contributed by atoms with Crippen molar-refractivity contribution in [3.05, 3.63) is 22.8 Å². The largest absolute Gasteiger partial charge is 0.338 e. The van der Waals surface area contributed by atoms with Gasteiger partial charge in [-0.15, -0.1) is 0 Å². The zero-order valence-corrected chi connectivity index (χ0v) is 10.3. The average Bonchev–Trinajstić information content (AvgIpc) is 2.19. The number of halogens is 1. The van der Waals surface area contributed by atoms with Gasteiger partial charge in [0.05, 0.1) is 0 Å². The molecule has 1 aromatic heterocycles. The molecule has 1 aromatic rings. The van der Waals surface area contributed by atoms with Crippen LogP contribution in [0.3, 0.4) is 0 Å². The van der Waals surface area contributed by atoms with Crippen molar-refractivity contribution in [2.24, 2.45) is 5.92 Å². The van der Waals surface area contributed by atoms with Crippen molar-refractivity contribution in [1.82, 2.24) is 10.3 Å². The molecule has 0 atom stereocenters. The Labute approximate surface area is 97.6 Å². The van der Waals surface area contributed by atoms with Gasteiger partial charge in [-0.05, 0) is 34.0 Å². The van der Waals surface area contributed by atoms with E-state index in [9.17, 15) is 4.79 Å². The van der Waals surface area contributed by atoms with Crippen LogP contribution < -0.4 is 10.6 Å². The van der Waals surface area contributed by atoms with Crippen molar-refractivity contribution in [2.45, 2.75) is 13.8 Å². The van der Waals surface area contributed by atoms with Crippen LogP contribution in [0, 0.1) is 5.92 Å². The summed E-state index contributed by atoms with van der Waals surface area (Å²) in [6, 6.07) is 3.34. The van der Waals surface area contributed by atoms with Gasteiger partial charge in [0.15, 0.2) is 0 Å². The van der Waals surface area contributed by atoms with Crippen molar-refractivity contribution < 1.29 is 4.79 Å². The molecular formula is C10H14BrN3O. The lowest BCUT2D eigenvalue weighted by molar-refractivity contribution is 0.251. The van der Waals surface area contributed by atoms with E-state index >= 15 is 0 Å². The maximum atomic E-state index is 11.3. The third-order valence-corrected chi connectivity index (χ3v) is 2.11. The van der Waals surface area contributed by atoms with Crippen LogP contribution in [-0.4, -0.2) is 17.6 Å². The minimum absolute atomic E-state index is 0.224. The number of urea groups is 1. The number of nitrogens with one attached hydrogen (secondary N) is 2. The lowest BCUT2D eigenvalue weighted by Crippen LogP contribution is -2.31. The SMILES string of the molecule is CC(C)CNC(=O)Nc1ccc(Br)cn1. The molecule has 0 unspecified atom stereocenters. The average molecular weight is 272 g/mol. The molecule has 5 heteroatoms. The molecule has 0 spiro atoms. The number of carbonyl (C=O) groups excluding carboxylic acids is 1. The molecule has 0 aromatic carbocycles. The van der Waals surface area contributed by atoms with Gasteiger partial charge in [0, 0.05) is 17.2 Å². The van der Waals surface area contributed by atoms with Gasteiger partial charge in [0.2, 0.25) is 0 Å². The fourth-order valence-corrected chi connectivity index (χ4v) is 1.14. The first-order valence-electron chi connectivity index (χ1n) is 4.74. The highest BCUT2D eigenvalue weighted by atomic mass is 79.9. The number of hydrogen-bond donors (Lipinski definition) is 2. The van der Waals surface area contributed by atoms with E-state index in [1.165, 1.54) is 0 Å². The third-order valence-electron chi connectivity index (χ3n) is 1.64. The predicted octanol–water partition coefficient (Wildman–Crippen LogP) is 2.62. The van der Waals surface area contributed by atoms with E-state index in [-0.39, 0.29) is 6.03 Å². The number of aromatic nitrogens is 1. The Bertz CT molecular complexity index is 324. The fourth-order valence-electron chi connectivity index (χ4n) is 0.907. The first-order valence-corrected chi connectivity index (χ1v) is 5.53. The van der Waals surface area contributed by atoms with Crippen LogP contribution in [0.2, 0.25) is 0 Å². The maximum absolute atomic E-state index is 11.3. The van der Waals surface area contributed by atoms with Crippen LogP contribution in [-0.2, 0) is 0 Å². The summed E-state index contributed by atoms with van der Waals surface area (Å²) in [6.45, 7) is 4.73. The summed E-state index contributed by atoms with van der Waals surface area (Å²) in [5.74, 6) is 0.980. The molecule has 1 heterocycles. The van der Waals surface area contributed by atoms with E-state index in [1.807, 2.05) is 19.9 Å². The molecule has 2 N–H and O–H groups in total. The smallest absolute Gasteiger partial charge is 0.320 e. The van der Waals surface area contributed by atoms with Gasteiger partial charge < -0.3 is 5.32 Å². The van der Waals surface area contributed by atoms with E-state index in [0.29, 0.717) is 18.3 Å². The topological polar surface area (TPSA) is 54.0 Å². The maximum Gasteiger partial charge on any atom is 0.320 e. The zero-order valence-electron chi connectivity index (χ0n) is 8.75. The van der Waals surface area contributed by atoms with Gasteiger partial charge in [-0.25, -0.2) is 9.78 Å². The second kappa shape index (κ2) is 5.70. The highest BCUT2D eigenvalue weighted by Crippen LogP contribution is 2.10. The minimum Gasteiger partial charge on any atom is -0.338 e. The number of amides is 2. The molecule has 0 fully saturated rings. The van der Waals surface area contributed by atoms with Crippen molar-refractivity contribution in [2.75, 3.05) is 11.9 Å². The quantitative estimate of drug-likeness (QED) is 0.888. The van der Waals surface area contributed by atoms with E-state index in [2.05, 4.69) is 31.5 Å². The first kappa shape index (κ1) is 12.0. The fraction of sp³-hybridized carbons (Fsp3) is 0.400. The highest BCUT2D eigenvalue weighted by Gasteiger charge is 2.02. The van der Waals surface area contributed by atoms with Crippen LogP contribution in [0.15, 0.2) is 22.8 Å². The molecule has 0 aliphatic heterocycles. The molecule has 0 aliphatic carbocycles. The molecule has 0 saturated carbocycles. The summed E-state index contributed by atoms with van der Waals surface area (Å²) in [7, 11) is 0. The summed E-state index contributed by atoms with van der Waals surface area (Å²) in [4.78, 5) is 15.4. The van der Waals surface area contributed by atoms with E-state index in [1.54, 1.807) is 12.3 Å². The number of hydrogen-bond acceptors (Lipinski definition) is 2. The second-order valence-corrected chi connectivity index (χ2v) is 4.51. The Morgan fingerprint density at radius 3 is 2.80 bits per heavy atom. The molecule has 1 rings (SSSR count). The molecule has 0 radical (unpaired) electrons. The standard InChI is InChI=1S/C10H14BrN3O/c1-7(2)5-13-10(15)14-9-4-3-8(11)6-12-9/h3-4,6-7H,5H2,1-2H3,(H2,12,13,14,15). The van der Waals surface area contributed by atoms with Crippen molar-refractivity contribution >= 4 is 27.8 Å². The van der Waals surface area contributed by atoms with Crippen LogP contribution in [0.4, 0.5) is 10.6 Å². The van der Waals surface area contributed by atoms with Gasteiger partial charge in [-0.3, -0.25) is 5.32 Å². The van der Waals surface area contributed by atoms with Gasteiger partial charge in [0.1, 0.15) is 5.82 Å². The van der Waals surface area contributed by atoms with Gasteiger partial charge in [-0.1, -0.05) is 13.8 Å². The van der Waals surface area contributed by atoms with Gasteiger partial charge >= 0.3 is 6.03 Å². The molecule has 4 nitrogen and oxygen atoms in total. The molecule has 0 aliphatic rings. The van der Waals surface area contributed by atoms with E-state index < -0.39 is 0 Å². The van der Waals surface area contributed by atoms with Crippen LogP contribution >= 0.6 is 15.9 Å². The van der Waals surface area contributed by atoms with Crippen LogP contribution in [0.1, 0.15) is 13.8 Å². The Hall–Kier alpha value is -1.10. The normalized spacial score (nSPS) is 10.1. The van der Waals surface area contributed by atoms with Crippen LogP contribution in [0.25, 0.3) is 0 Å². The van der Waals surface area contributed by atoms with E-state index in [0.717, 1.165) is 4.47 Å². The third kappa shape index (κ3) is 4.78.